The molecule has 0 unspecified atom stereocenters. The van der Waals surface area contributed by atoms with Crippen molar-refractivity contribution in [3.63, 3.8) is 0 Å². The average Bonchev–Trinajstić information content (AvgIpc) is 3.26. The van der Waals surface area contributed by atoms with Crippen LogP contribution in [-0.2, 0) is 25.6 Å². The van der Waals surface area contributed by atoms with Crippen molar-refractivity contribution in [3.05, 3.63) is 64.6 Å². The summed E-state index contributed by atoms with van der Waals surface area (Å²) in [4.78, 5) is 11.7. The Bertz CT molecular complexity index is 1280. The summed E-state index contributed by atoms with van der Waals surface area (Å²) < 4.78 is 39.7. The van der Waals surface area contributed by atoms with Crippen molar-refractivity contribution in [2.24, 2.45) is 0 Å². The fourth-order valence-corrected chi connectivity index (χ4v) is 4.98. The SMILES string of the molecule is C=C1CN(c2cc3c(NCc4cc(N)cc(C(F)(F)F)c4)nc(C)nc3c3c2CCC3)CCN1. The zero-order valence-corrected chi connectivity index (χ0v) is 19.0. The van der Waals surface area contributed by atoms with Gasteiger partial charge in [0.05, 0.1) is 17.6 Å². The fourth-order valence-electron chi connectivity index (χ4n) is 4.98. The van der Waals surface area contributed by atoms with E-state index in [4.69, 9.17) is 10.7 Å². The molecule has 0 saturated carbocycles. The summed E-state index contributed by atoms with van der Waals surface area (Å²) >= 11 is 0. The topological polar surface area (TPSA) is 79.1 Å². The van der Waals surface area contributed by atoms with Crippen molar-refractivity contribution in [3.8, 4) is 0 Å². The second kappa shape index (κ2) is 8.38. The number of hydrogen-bond donors (Lipinski definition) is 3. The summed E-state index contributed by atoms with van der Waals surface area (Å²) in [5.41, 5.74) is 11.2. The van der Waals surface area contributed by atoms with E-state index in [0.717, 1.165) is 67.6 Å². The molecule has 1 aliphatic carbocycles. The van der Waals surface area contributed by atoms with Crippen LogP contribution in [-0.4, -0.2) is 29.6 Å². The minimum Gasteiger partial charge on any atom is -0.399 e. The van der Waals surface area contributed by atoms with Gasteiger partial charge in [-0.15, -0.1) is 0 Å². The van der Waals surface area contributed by atoms with E-state index in [-0.39, 0.29) is 12.2 Å². The Morgan fingerprint density at radius 2 is 1.94 bits per heavy atom. The second-order valence-corrected chi connectivity index (χ2v) is 8.99. The molecule has 0 atom stereocenters. The first-order valence-corrected chi connectivity index (χ1v) is 11.4. The standard InChI is InChI=1S/C25H27F3N6/c1-14-13-34(7-6-30-14)22-11-21-23(20-5-3-4-19(20)22)32-15(2)33-24(21)31-12-16-8-17(25(26,27)28)10-18(29)9-16/h8-11,30H,1,3-7,12-13,29H2,2H3,(H,31,32,33). The lowest BCUT2D eigenvalue weighted by molar-refractivity contribution is -0.137. The Labute approximate surface area is 196 Å². The summed E-state index contributed by atoms with van der Waals surface area (Å²) in [5, 5.41) is 7.44. The fraction of sp³-hybridized carbons (Fsp3) is 0.360. The molecule has 1 saturated heterocycles. The van der Waals surface area contributed by atoms with Crippen molar-refractivity contribution in [2.75, 3.05) is 35.6 Å². The molecule has 0 bridgehead atoms. The molecule has 178 valence electrons. The van der Waals surface area contributed by atoms with Crippen molar-refractivity contribution < 1.29 is 13.2 Å². The molecule has 5 rings (SSSR count). The number of benzene rings is 2. The van der Waals surface area contributed by atoms with Gasteiger partial charge in [-0.1, -0.05) is 6.58 Å². The third-order valence-electron chi connectivity index (χ3n) is 6.43. The Morgan fingerprint density at radius 3 is 2.71 bits per heavy atom. The molecular weight excluding hydrogens is 441 g/mol. The third kappa shape index (κ3) is 4.22. The molecule has 3 aromatic rings. The second-order valence-electron chi connectivity index (χ2n) is 8.99. The molecule has 1 aromatic heterocycles. The zero-order chi connectivity index (χ0) is 24.0. The summed E-state index contributed by atoms with van der Waals surface area (Å²) in [7, 11) is 0. The number of piperazine rings is 1. The number of nitrogen functional groups attached to an aromatic ring is 1. The van der Waals surface area contributed by atoms with Crippen molar-refractivity contribution >= 4 is 28.1 Å². The largest absolute Gasteiger partial charge is 0.416 e. The molecule has 2 heterocycles. The van der Waals surface area contributed by atoms with E-state index in [1.807, 2.05) is 6.92 Å². The third-order valence-corrected chi connectivity index (χ3v) is 6.43. The van der Waals surface area contributed by atoms with Gasteiger partial charge >= 0.3 is 6.18 Å². The van der Waals surface area contributed by atoms with Crippen LogP contribution in [0.15, 0.2) is 36.5 Å². The maximum atomic E-state index is 13.2. The van der Waals surface area contributed by atoms with Crippen LogP contribution in [0.1, 0.15) is 34.5 Å². The van der Waals surface area contributed by atoms with Crippen molar-refractivity contribution in [1.29, 1.82) is 0 Å². The summed E-state index contributed by atoms with van der Waals surface area (Å²) in [5.74, 6) is 1.24. The highest BCUT2D eigenvalue weighted by Crippen LogP contribution is 2.39. The Hall–Kier alpha value is -3.49. The minimum atomic E-state index is -4.45. The van der Waals surface area contributed by atoms with Gasteiger partial charge in [-0.05, 0) is 67.1 Å². The molecule has 2 aromatic carbocycles. The first-order chi connectivity index (χ1) is 16.2. The molecule has 0 radical (unpaired) electrons. The minimum absolute atomic E-state index is 0.0781. The Morgan fingerprint density at radius 1 is 1.15 bits per heavy atom. The van der Waals surface area contributed by atoms with Crippen LogP contribution in [0.25, 0.3) is 10.9 Å². The number of aromatic nitrogens is 2. The van der Waals surface area contributed by atoms with E-state index < -0.39 is 11.7 Å². The van der Waals surface area contributed by atoms with E-state index in [0.29, 0.717) is 17.2 Å². The van der Waals surface area contributed by atoms with Crippen LogP contribution in [0, 0.1) is 6.92 Å². The summed E-state index contributed by atoms with van der Waals surface area (Å²) in [6.07, 6.45) is -1.42. The van der Waals surface area contributed by atoms with Crippen molar-refractivity contribution in [2.45, 2.75) is 38.9 Å². The molecule has 34 heavy (non-hydrogen) atoms. The number of hydrogen-bond acceptors (Lipinski definition) is 6. The van der Waals surface area contributed by atoms with Crippen LogP contribution in [0.2, 0.25) is 0 Å². The van der Waals surface area contributed by atoms with E-state index in [2.05, 4.69) is 33.2 Å². The first kappa shape index (κ1) is 22.3. The van der Waals surface area contributed by atoms with E-state index in [9.17, 15) is 13.2 Å². The van der Waals surface area contributed by atoms with Crippen molar-refractivity contribution in [1.82, 2.24) is 15.3 Å². The highest BCUT2D eigenvalue weighted by Gasteiger charge is 2.31. The van der Waals surface area contributed by atoms with Gasteiger partial charge in [0.1, 0.15) is 11.6 Å². The predicted molar refractivity (Wildman–Crippen MR) is 129 cm³/mol. The van der Waals surface area contributed by atoms with Crippen LogP contribution < -0.4 is 21.3 Å². The average molecular weight is 469 g/mol. The number of nitrogens with one attached hydrogen (secondary N) is 2. The highest BCUT2D eigenvalue weighted by atomic mass is 19.4. The molecule has 6 nitrogen and oxygen atoms in total. The van der Waals surface area contributed by atoms with Crippen LogP contribution in [0.3, 0.4) is 0 Å². The van der Waals surface area contributed by atoms with Gasteiger partial charge in [-0.2, -0.15) is 13.2 Å². The van der Waals surface area contributed by atoms with E-state index in [1.54, 1.807) is 6.07 Å². The number of aryl methyl sites for hydroxylation is 2. The van der Waals surface area contributed by atoms with E-state index in [1.165, 1.54) is 16.8 Å². The quantitative estimate of drug-likeness (QED) is 0.487. The molecule has 0 amide bonds. The number of alkyl halides is 3. The summed E-state index contributed by atoms with van der Waals surface area (Å²) in [6.45, 7) is 8.52. The van der Waals surface area contributed by atoms with Gasteiger partial charge in [0, 0.05) is 42.1 Å². The zero-order valence-electron chi connectivity index (χ0n) is 19.0. The van der Waals surface area contributed by atoms with Crippen LogP contribution in [0.4, 0.5) is 30.4 Å². The van der Waals surface area contributed by atoms with E-state index >= 15 is 0 Å². The number of nitrogens with two attached hydrogens (primary N) is 1. The van der Waals surface area contributed by atoms with Crippen LogP contribution in [0.5, 0.6) is 0 Å². The Kier molecular flexibility index (Phi) is 5.50. The lowest BCUT2D eigenvalue weighted by atomic mass is 10.0. The lowest BCUT2D eigenvalue weighted by Crippen LogP contribution is -2.42. The van der Waals surface area contributed by atoms with Gasteiger partial charge in [-0.3, -0.25) is 0 Å². The van der Waals surface area contributed by atoms with Gasteiger partial charge in [0.25, 0.3) is 0 Å². The van der Waals surface area contributed by atoms with Crippen LogP contribution >= 0.6 is 0 Å². The summed E-state index contributed by atoms with van der Waals surface area (Å²) in [6, 6.07) is 5.74. The van der Waals surface area contributed by atoms with Gasteiger partial charge in [0.2, 0.25) is 0 Å². The monoisotopic (exact) mass is 468 g/mol. The number of nitrogens with zero attached hydrogens (tertiary/aromatic N) is 3. The molecule has 1 aliphatic heterocycles. The number of anilines is 3. The number of halogens is 3. The lowest BCUT2D eigenvalue weighted by Gasteiger charge is -2.33. The molecule has 9 heteroatoms. The molecule has 2 aliphatic rings. The smallest absolute Gasteiger partial charge is 0.399 e. The maximum absolute atomic E-state index is 13.2. The predicted octanol–water partition coefficient (Wildman–Crippen LogP) is 4.56. The maximum Gasteiger partial charge on any atom is 0.416 e. The van der Waals surface area contributed by atoms with Gasteiger partial charge in [0.15, 0.2) is 0 Å². The number of fused-ring (bicyclic) bond motifs is 3. The van der Waals surface area contributed by atoms with Gasteiger partial charge in [-0.25, -0.2) is 9.97 Å². The molecule has 0 spiro atoms. The van der Waals surface area contributed by atoms with Gasteiger partial charge < -0.3 is 21.3 Å². The Balaban J connectivity index is 1.55. The molecular formula is C25H27F3N6. The number of rotatable bonds is 4. The normalized spacial score (nSPS) is 16.0. The highest BCUT2D eigenvalue weighted by molar-refractivity contribution is 5.96. The first-order valence-electron chi connectivity index (χ1n) is 11.4. The molecule has 1 fully saturated rings. The molecule has 4 N–H and O–H groups in total.